The zero-order valence-electron chi connectivity index (χ0n) is 12.9. The first-order chi connectivity index (χ1) is 8.95. The van der Waals surface area contributed by atoms with Gasteiger partial charge in [-0.2, -0.15) is 0 Å². The van der Waals surface area contributed by atoms with Crippen LogP contribution >= 0.6 is 0 Å². The molecule has 2 heterocycles. The number of carbonyl (C=O) groups is 1. The lowest BCUT2D eigenvalue weighted by molar-refractivity contribution is -0.144. The Kier molecular flexibility index (Phi) is 4.51. The van der Waals surface area contributed by atoms with Crippen LogP contribution in [0.25, 0.3) is 0 Å². The minimum Gasteiger partial charge on any atom is -0.336 e. The highest BCUT2D eigenvalue weighted by atomic mass is 16.2. The molecule has 0 aromatic heterocycles. The predicted molar refractivity (Wildman–Crippen MR) is 78.1 cm³/mol. The van der Waals surface area contributed by atoms with E-state index in [1.54, 1.807) is 0 Å². The average Bonchev–Trinajstić information content (AvgIpc) is 2.37. The van der Waals surface area contributed by atoms with E-state index in [1.807, 2.05) is 13.8 Å². The normalized spacial score (nSPS) is 29.2. The van der Waals surface area contributed by atoms with Crippen molar-refractivity contribution in [2.24, 2.45) is 0 Å². The number of nitrogens with one attached hydrogen (secondary N) is 1. The van der Waals surface area contributed by atoms with E-state index in [0.29, 0.717) is 12.1 Å². The van der Waals surface area contributed by atoms with Gasteiger partial charge in [0.15, 0.2) is 0 Å². The molecule has 1 amide bonds. The molecule has 2 atom stereocenters. The first kappa shape index (κ1) is 14.8. The van der Waals surface area contributed by atoms with Crippen LogP contribution in [0.4, 0.5) is 0 Å². The number of fused-ring (bicyclic) bond motifs is 1. The number of amides is 1. The van der Waals surface area contributed by atoms with E-state index < -0.39 is 5.54 Å². The van der Waals surface area contributed by atoms with Gasteiger partial charge < -0.3 is 10.2 Å². The first-order valence-electron chi connectivity index (χ1n) is 7.76. The van der Waals surface area contributed by atoms with Crippen molar-refractivity contribution in [1.82, 2.24) is 15.1 Å². The molecule has 0 aliphatic carbocycles. The second-order valence-electron chi connectivity index (χ2n) is 6.61. The van der Waals surface area contributed by atoms with E-state index in [1.165, 1.54) is 25.8 Å². The molecule has 2 aliphatic rings. The Morgan fingerprint density at radius 2 is 2.05 bits per heavy atom. The summed E-state index contributed by atoms with van der Waals surface area (Å²) in [6.07, 6.45) is 3.88. The summed E-state index contributed by atoms with van der Waals surface area (Å²) < 4.78 is 0. The fourth-order valence-corrected chi connectivity index (χ4v) is 3.51. The minimum absolute atomic E-state index is 0.257. The van der Waals surface area contributed by atoms with E-state index >= 15 is 0 Å². The molecule has 4 nitrogen and oxygen atoms in total. The third-order valence-corrected chi connectivity index (χ3v) is 4.60. The Morgan fingerprint density at radius 1 is 1.32 bits per heavy atom. The van der Waals surface area contributed by atoms with Gasteiger partial charge >= 0.3 is 0 Å². The molecule has 4 heteroatoms. The van der Waals surface area contributed by atoms with Crippen LogP contribution in [0.2, 0.25) is 0 Å². The van der Waals surface area contributed by atoms with Crippen molar-refractivity contribution < 1.29 is 4.79 Å². The Hall–Kier alpha value is -0.610. The summed E-state index contributed by atoms with van der Waals surface area (Å²) in [5, 5.41) is 3.31. The molecule has 2 rings (SSSR count). The molecule has 0 spiro atoms. The number of piperazine rings is 1. The maximum absolute atomic E-state index is 12.7. The molecular weight excluding hydrogens is 238 g/mol. The molecule has 0 radical (unpaired) electrons. The second-order valence-corrected chi connectivity index (χ2v) is 6.61. The second kappa shape index (κ2) is 5.80. The van der Waals surface area contributed by atoms with Gasteiger partial charge in [-0.3, -0.25) is 9.69 Å². The highest BCUT2D eigenvalue weighted by molar-refractivity contribution is 5.86. The molecular formula is C15H29N3O. The molecule has 0 saturated carbocycles. The summed E-state index contributed by atoms with van der Waals surface area (Å²) in [5.74, 6) is 0.257. The number of rotatable bonds is 3. The zero-order valence-corrected chi connectivity index (χ0v) is 12.9. The Labute approximate surface area is 117 Å². The van der Waals surface area contributed by atoms with Crippen molar-refractivity contribution in [3.05, 3.63) is 0 Å². The third kappa shape index (κ3) is 3.11. The number of hydrogen-bond acceptors (Lipinski definition) is 3. The van der Waals surface area contributed by atoms with Gasteiger partial charge in [0.1, 0.15) is 0 Å². The zero-order chi connectivity index (χ0) is 14.0. The first-order valence-corrected chi connectivity index (χ1v) is 7.76. The van der Waals surface area contributed by atoms with Crippen molar-refractivity contribution in [3.63, 3.8) is 0 Å². The van der Waals surface area contributed by atoms with Crippen LogP contribution in [0.15, 0.2) is 0 Å². The van der Waals surface area contributed by atoms with Crippen LogP contribution < -0.4 is 5.32 Å². The monoisotopic (exact) mass is 267 g/mol. The molecule has 19 heavy (non-hydrogen) atoms. The Morgan fingerprint density at radius 3 is 2.74 bits per heavy atom. The third-order valence-electron chi connectivity index (χ3n) is 4.60. The van der Waals surface area contributed by atoms with Crippen molar-refractivity contribution in [2.45, 2.75) is 64.6 Å². The van der Waals surface area contributed by atoms with Gasteiger partial charge in [-0.15, -0.1) is 0 Å². The van der Waals surface area contributed by atoms with Crippen molar-refractivity contribution in [2.75, 3.05) is 26.2 Å². The van der Waals surface area contributed by atoms with Gasteiger partial charge in [0.05, 0.1) is 5.54 Å². The van der Waals surface area contributed by atoms with Gasteiger partial charge in [-0.25, -0.2) is 0 Å². The van der Waals surface area contributed by atoms with Gasteiger partial charge in [0.2, 0.25) is 5.91 Å². The fraction of sp³-hybridized carbons (Fsp3) is 0.933. The quantitative estimate of drug-likeness (QED) is 0.841. The summed E-state index contributed by atoms with van der Waals surface area (Å²) in [6, 6.07) is 0.922. The lowest BCUT2D eigenvalue weighted by Crippen LogP contribution is -2.64. The standard InChI is InChI=1S/C15H29N3O/c1-5-16-15(3,4)14(19)18-11-13-8-6-7-9-17(13)10-12(18)2/h12-13,16H,5-11H2,1-4H3. The van der Waals surface area contributed by atoms with Gasteiger partial charge in [0.25, 0.3) is 0 Å². The number of carbonyl (C=O) groups excluding carboxylic acids is 1. The molecule has 0 aromatic carbocycles. The van der Waals surface area contributed by atoms with Crippen LogP contribution in [0.3, 0.4) is 0 Å². The average molecular weight is 267 g/mol. The number of nitrogens with zero attached hydrogens (tertiary/aromatic N) is 2. The molecule has 1 N–H and O–H groups in total. The number of likely N-dealkylation sites (N-methyl/N-ethyl adjacent to an activating group) is 1. The van der Waals surface area contributed by atoms with E-state index in [4.69, 9.17) is 0 Å². The predicted octanol–water partition coefficient (Wildman–Crippen LogP) is 1.46. The van der Waals surface area contributed by atoms with Crippen LogP contribution in [0.1, 0.15) is 47.0 Å². The van der Waals surface area contributed by atoms with Crippen molar-refractivity contribution >= 4 is 5.91 Å². The van der Waals surface area contributed by atoms with E-state index in [2.05, 4.69) is 29.0 Å². The fourth-order valence-electron chi connectivity index (χ4n) is 3.51. The number of hydrogen-bond donors (Lipinski definition) is 1. The summed E-state index contributed by atoms with van der Waals surface area (Å²) in [5.41, 5.74) is -0.445. The molecule has 2 fully saturated rings. The van der Waals surface area contributed by atoms with E-state index in [0.717, 1.165) is 19.6 Å². The number of piperidine rings is 1. The Bertz CT molecular complexity index is 329. The van der Waals surface area contributed by atoms with Crippen LogP contribution in [0.5, 0.6) is 0 Å². The van der Waals surface area contributed by atoms with Crippen LogP contribution in [-0.4, -0.2) is 59.5 Å². The molecule has 2 saturated heterocycles. The molecule has 2 aliphatic heterocycles. The highest BCUT2D eigenvalue weighted by Crippen LogP contribution is 2.25. The Balaban J connectivity index is 2.05. The van der Waals surface area contributed by atoms with E-state index in [9.17, 15) is 4.79 Å². The van der Waals surface area contributed by atoms with Crippen LogP contribution in [0, 0.1) is 0 Å². The lowest BCUT2D eigenvalue weighted by atomic mass is 9.94. The summed E-state index contributed by atoms with van der Waals surface area (Å²) in [7, 11) is 0. The molecule has 110 valence electrons. The molecule has 2 unspecified atom stereocenters. The summed E-state index contributed by atoms with van der Waals surface area (Å²) >= 11 is 0. The molecule has 0 aromatic rings. The molecule has 0 bridgehead atoms. The van der Waals surface area contributed by atoms with Crippen molar-refractivity contribution in [3.8, 4) is 0 Å². The van der Waals surface area contributed by atoms with Crippen LogP contribution in [-0.2, 0) is 4.79 Å². The van der Waals surface area contributed by atoms with Gasteiger partial charge in [-0.05, 0) is 46.7 Å². The highest BCUT2D eigenvalue weighted by Gasteiger charge is 2.39. The maximum Gasteiger partial charge on any atom is 0.242 e. The minimum atomic E-state index is -0.445. The summed E-state index contributed by atoms with van der Waals surface area (Å²) in [6.45, 7) is 12.2. The topological polar surface area (TPSA) is 35.6 Å². The van der Waals surface area contributed by atoms with Gasteiger partial charge in [-0.1, -0.05) is 13.3 Å². The largest absolute Gasteiger partial charge is 0.336 e. The smallest absolute Gasteiger partial charge is 0.242 e. The maximum atomic E-state index is 12.7. The van der Waals surface area contributed by atoms with E-state index in [-0.39, 0.29) is 5.91 Å². The summed E-state index contributed by atoms with van der Waals surface area (Å²) in [4.78, 5) is 17.4. The van der Waals surface area contributed by atoms with Gasteiger partial charge in [0, 0.05) is 25.2 Å². The lowest BCUT2D eigenvalue weighted by Gasteiger charge is -2.49. The SMILES string of the molecule is CCNC(C)(C)C(=O)N1CC2CCCCN2CC1C. The van der Waals surface area contributed by atoms with Crippen molar-refractivity contribution in [1.29, 1.82) is 0 Å².